The summed E-state index contributed by atoms with van der Waals surface area (Å²) in [4.78, 5) is 0. The Labute approximate surface area is 133 Å². The molecule has 0 aliphatic rings. The highest BCUT2D eigenvalue weighted by atomic mass is 31.4. The molecule has 20 heavy (non-hydrogen) atoms. The van der Waals surface area contributed by atoms with E-state index in [2.05, 4.69) is 83.1 Å². The van der Waals surface area contributed by atoms with Crippen LogP contribution in [0.5, 0.6) is 0 Å². The molecule has 0 rings (SSSR count). The van der Waals surface area contributed by atoms with E-state index < -0.39 is 6.81 Å². The molecule has 0 unspecified atom stereocenters. The molecule has 0 fully saturated rings. The van der Waals surface area contributed by atoms with Crippen LogP contribution in [0.15, 0.2) is 0 Å². The zero-order chi connectivity index (χ0) is 16.7. The Bertz CT molecular complexity index is 274. The first-order valence-corrected chi connectivity index (χ1v) is 13.4. The van der Waals surface area contributed by atoms with Crippen molar-refractivity contribution in [2.75, 3.05) is 0 Å². The van der Waals surface area contributed by atoms with Gasteiger partial charge in [-0.3, -0.25) is 0 Å². The summed E-state index contributed by atoms with van der Waals surface area (Å²) in [5.74, 6) is 2.26. The van der Waals surface area contributed by atoms with Crippen molar-refractivity contribution in [3.8, 4) is 0 Å². The Balaban J connectivity index is 6.38. The topological polar surface area (TPSA) is 0 Å². The molecule has 0 saturated heterocycles. The third-order valence-electron chi connectivity index (χ3n) is 7.70. The van der Waals surface area contributed by atoms with Gasteiger partial charge < -0.3 is 0 Å². The van der Waals surface area contributed by atoms with E-state index in [1.165, 1.54) is 9.91 Å². The molecule has 0 spiro atoms. The Morgan fingerprint density at radius 3 is 0.800 bits per heavy atom. The third-order valence-corrected chi connectivity index (χ3v) is 26.5. The van der Waals surface area contributed by atoms with Gasteiger partial charge in [0.15, 0.2) is 9.91 Å². The minimum Gasteiger partial charge on any atom is -0.0588 e. The van der Waals surface area contributed by atoms with E-state index in [0.29, 0.717) is 15.5 Å². The van der Waals surface area contributed by atoms with Crippen LogP contribution in [0.3, 0.4) is 0 Å². The van der Waals surface area contributed by atoms with Crippen molar-refractivity contribution in [3.05, 3.63) is 0 Å². The van der Waals surface area contributed by atoms with Gasteiger partial charge in [-0.05, 0) is 66.1 Å². The van der Waals surface area contributed by atoms with Crippen molar-refractivity contribution in [2.45, 2.75) is 98.6 Å². The monoisotopic (exact) mass is 317 g/mol. The van der Waals surface area contributed by atoms with Crippen LogP contribution < -0.4 is 0 Å². The Morgan fingerprint density at radius 1 is 0.550 bits per heavy atom. The summed E-state index contributed by atoms with van der Waals surface area (Å²) >= 11 is 0. The van der Waals surface area contributed by atoms with E-state index in [9.17, 15) is 0 Å². The van der Waals surface area contributed by atoms with Crippen molar-refractivity contribution in [1.82, 2.24) is 0 Å². The molecule has 0 amide bonds. The van der Waals surface area contributed by atoms with Crippen LogP contribution in [0.25, 0.3) is 0 Å². The third kappa shape index (κ3) is 2.79. The van der Waals surface area contributed by atoms with Crippen LogP contribution >= 0.6 is 6.81 Å². The highest BCUT2D eigenvalue weighted by Gasteiger charge is 2.67. The average molecular weight is 318 g/mol. The normalized spacial score (nSPS) is 15.8. The fourth-order valence-electron chi connectivity index (χ4n) is 3.78. The predicted octanol–water partition coefficient (Wildman–Crippen LogP) is 5.59. The van der Waals surface area contributed by atoms with Crippen molar-refractivity contribution >= 4 is 16.7 Å². The minimum absolute atomic E-state index is 0.459. The molecule has 2 heteroatoms. The van der Waals surface area contributed by atoms with E-state index in [-0.39, 0.29) is 0 Å². The van der Waals surface area contributed by atoms with Gasteiger partial charge in [-0.1, -0.05) is 41.5 Å². The summed E-state index contributed by atoms with van der Waals surface area (Å²) in [5.41, 5.74) is 0. The lowest BCUT2D eigenvalue weighted by molar-refractivity contribution is 0.395. The second kappa shape index (κ2) is 6.03. The van der Waals surface area contributed by atoms with Gasteiger partial charge in [-0.15, -0.1) is 0 Å². The van der Waals surface area contributed by atoms with Crippen LogP contribution in [0.1, 0.15) is 83.1 Å². The molecule has 0 aliphatic carbocycles. The summed E-state index contributed by atoms with van der Waals surface area (Å²) in [5, 5.41) is 1.38. The standard InChI is InChI=1S/C18H42PSi/c1-13(2)16(7,8)19(20,17(9,10)14(3)4)18(11,12)15(5)6/h13-15H,1-12,20H3/q+1. The van der Waals surface area contributed by atoms with Crippen LogP contribution in [0, 0.1) is 17.8 Å². The summed E-state index contributed by atoms with van der Waals surface area (Å²) in [7, 11) is 1.35. The van der Waals surface area contributed by atoms with Gasteiger partial charge >= 0.3 is 0 Å². The van der Waals surface area contributed by atoms with Crippen molar-refractivity contribution in [1.29, 1.82) is 0 Å². The molecule has 0 bridgehead atoms. The second-order valence-corrected chi connectivity index (χ2v) is 18.9. The van der Waals surface area contributed by atoms with Gasteiger partial charge in [0.1, 0.15) is 0 Å². The molecule has 0 aromatic rings. The molecule has 0 nitrogen and oxygen atoms in total. The van der Waals surface area contributed by atoms with Gasteiger partial charge in [-0.2, -0.15) is 0 Å². The van der Waals surface area contributed by atoms with Gasteiger partial charge in [0.05, 0.1) is 15.5 Å². The SMILES string of the molecule is CC(C)C(C)(C)[P+]([SiH3])(C(C)(C)C(C)C)C(C)(C)C(C)C. The number of hydrogen-bond acceptors (Lipinski definition) is 0. The number of hydrogen-bond donors (Lipinski definition) is 0. The Hall–Kier alpha value is 0.647. The molecule has 0 heterocycles. The van der Waals surface area contributed by atoms with Crippen LogP contribution in [0.2, 0.25) is 0 Å². The zero-order valence-corrected chi connectivity index (χ0v) is 19.6. The fraction of sp³-hybridized carbons (Fsp3) is 1.00. The lowest BCUT2D eigenvalue weighted by atomic mass is 9.96. The first-order chi connectivity index (χ1) is 8.58. The predicted molar refractivity (Wildman–Crippen MR) is 104 cm³/mol. The van der Waals surface area contributed by atoms with Gasteiger partial charge in [-0.25, -0.2) is 0 Å². The van der Waals surface area contributed by atoms with Gasteiger partial charge in [0.25, 0.3) is 0 Å². The summed E-state index contributed by atoms with van der Waals surface area (Å²) in [6.07, 6.45) is 0. The molecule has 0 saturated carbocycles. The minimum atomic E-state index is -1.11. The maximum Gasteiger partial charge on any atom is 0.186 e. The molecule has 0 aromatic heterocycles. The summed E-state index contributed by atoms with van der Waals surface area (Å²) < 4.78 is 0. The molecule has 0 radical (unpaired) electrons. The lowest BCUT2D eigenvalue weighted by Crippen LogP contribution is -2.53. The van der Waals surface area contributed by atoms with Crippen LogP contribution in [-0.2, 0) is 0 Å². The molecule has 0 aromatic carbocycles. The highest BCUT2D eigenvalue weighted by Crippen LogP contribution is 2.84. The molecular formula is C18H42PSi+. The van der Waals surface area contributed by atoms with Crippen molar-refractivity contribution < 1.29 is 0 Å². The first-order valence-electron chi connectivity index (χ1n) is 8.45. The number of rotatable bonds is 6. The van der Waals surface area contributed by atoms with Crippen LogP contribution in [0.4, 0.5) is 0 Å². The van der Waals surface area contributed by atoms with E-state index in [0.717, 1.165) is 17.8 Å². The second-order valence-electron chi connectivity index (χ2n) is 9.43. The molecular weight excluding hydrogens is 275 g/mol. The zero-order valence-electron chi connectivity index (χ0n) is 16.7. The van der Waals surface area contributed by atoms with Crippen LogP contribution in [-0.4, -0.2) is 25.4 Å². The maximum absolute atomic E-state index is 2.58. The van der Waals surface area contributed by atoms with E-state index >= 15 is 0 Å². The molecule has 0 aliphatic heterocycles. The molecule has 122 valence electrons. The average Bonchev–Trinajstić information content (AvgIpc) is 2.26. The first kappa shape index (κ1) is 20.6. The summed E-state index contributed by atoms with van der Waals surface area (Å²) in [6, 6.07) is 0. The quantitative estimate of drug-likeness (QED) is 0.442. The molecule has 0 atom stereocenters. The Kier molecular flexibility index (Phi) is 6.23. The molecule has 0 N–H and O–H groups in total. The smallest absolute Gasteiger partial charge is 0.0588 e. The van der Waals surface area contributed by atoms with Gasteiger partial charge in [0, 0.05) is 0 Å². The lowest BCUT2D eigenvalue weighted by Gasteiger charge is -2.60. The van der Waals surface area contributed by atoms with E-state index in [1.54, 1.807) is 0 Å². The maximum atomic E-state index is 2.58. The van der Waals surface area contributed by atoms with E-state index in [1.807, 2.05) is 0 Å². The summed E-state index contributed by atoms with van der Waals surface area (Å²) in [6.45, 7) is 29.0. The van der Waals surface area contributed by atoms with E-state index in [4.69, 9.17) is 0 Å². The Morgan fingerprint density at radius 2 is 0.700 bits per heavy atom. The fourth-order valence-corrected chi connectivity index (χ4v) is 16.0. The van der Waals surface area contributed by atoms with Gasteiger partial charge in [0.2, 0.25) is 0 Å². The highest BCUT2D eigenvalue weighted by molar-refractivity contribution is 8.00. The van der Waals surface area contributed by atoms with Crippen molar-refractivity contribution in [3.63, 3.8) is 0 Å². The largest absolute Gasteiger partial charge is 0.186 e. The van der Waals surface area contributed by atoms with Crippen molar-refractivity contribution in [2.24, 2.45) is 17.8 Å².